The number of hydrogen-bond donors (Lipinski definition) is 1. The van der Waals surface area contributed by atoms with Crippen molar-refractivity contribution in [2.24, 2.45) is 0 Å². The minimum atomic E-state index is -0.339. The van der Waals surface area contributed by atoms with Crippen LogP contribution in [-0.2, 0) is 11.2 Å². The third-order valence-electron chi connectivity index (χ3n) is 3.79. The number of phenols is 1. The van der Waals surface area contributed by atoms with Crippen molar-refractivity contribution >= 4 is 0 Å². The van der Waals surface area contributed by atoms with Crippen molar-refractivity contribution in [3.05, 3.63) is 65.7 Å². The highest BCUT2D eigenvalue weighted by Crippen LogP contribution is 2.31. The standard InChI is InChI=1S/C20H26O2/c1-4-10-19(16-11-6-5-7-12-16)22-20(2,3)15-17-13-8-9-14-18(17)21/h5-9,11-14,19,21H,4,10,15H2,1-3H3. The van der Waals surface area contributed by atoms with Crippen LogP contribution in [0.15, 0.2) is 54.6 Å². The van der Waals surface area contributed by atoms with E-state index in [0.717, 1.165) is 18.4 Å². The van der Waals surface area contributed by atoms with Gasteiger partial charge in [-0.15, -0.1) is 0 Å². The number of rotatable bonds is 7. The fraction of sp³-hybridized carbons (Fsp3) is 0.400. The summed E-state index contributed by atoms with van der Waals surface area (Å²) < 4.78 is 6.41. The second-order valence-electron chi connectivity index (χ2n) is 6.37. The summed E-state index contributed by atoms with van der Waals surface area (Å²) in [6, 6.07) is 17.9. The molecule has 0 fully saturated rings. The van der Waals surface area contributed by atoms with Crippen LogP contribution in [0.4, 0.5) is 0 Å². The molecule has 0 aliphatic heterocycles. The van der Waals surface area contributed by atoms with E-state index >= 15 is 0 Å². The topological polar surface area (TPSA) is 29.5 Å². The Hall–Kier alpha value is -1.80. The van der Waals surface area contributed by atoms with Crippen molar-refractivity contribution in [2.75, 3.05) is 0 Å². The van der Waals surface area contributed by atoms with Crippen LogP contribution in [-0.4, -0.2) is 10.7 Å². The molecule has 1 N–H and O–H groups in total. The van der Waals surface area contributed by atoms with Crippen LogP contribution in [0.3, 0.4) is 0 Å². The van der Waals surface area contributed by atoms with Gasteiger partial charge in [0.2, 0.25) is 0 Å². The molecule has 22 heavy (non-hydrogen) atoms. The number of aromatic hydroxyl groups is 1. The zero-order valence-corrected chi connectivity index (χ0v) is 13.8. The lowest BCUT2D eigenvalue weighted by molar-refractivity contribution is -0.0767. The summed E-state index contributed by atoms with van der Waals surface area (Å²) in [5.41, 5.74) is 1.81. The maximum Gasteiger partial charge on any atom is 0.118 e. The lowest BCUT2D eigenvalue weighted by Crippen LogP contribution is -2.29. The van der Waals surface area contributed by atoms with Gasteiger partial charge in [0.05, 0.1) is 11.7 Å². The van der Waals surface area contributed by atoms with Crippen molar-refractivity contribution in [3.63, 3.8) is 0 Å². The fourth-order valence-corrected chi connectivity index (χ4v) is 2.77. The summed E-state index contributed by atoms with van der Waals surface area (Å²) in [4.78, 5) is 0. The van der Waals surface area contributed by atoms with Gasteiger partial charge in [-0.2, -0.15) is 0 Å². The molecule has 0 aliphatic carbocycles. The number of phenolic OH excluding ortho intramolecular Hbond substituents is 1. The molecule has 0 aromatic heterocycles. The quantitative estimate of drug-likeness (QED) is 0.754. The first-order valence-corrected chi connectivity index (χ1v) is 8.01. The second-order valence-corrected chi connectivity index (χ2v) is 6.37. The van der Waals surface area contributed by atoms with Gasteiger partial charge in [-0.3, -0.25) is 0 Å². The SMILES string of the molecule is CCCC(OC(C)(C)Cc1ccccc1O)c1ccccc1. The van der Waals surface area contributed by atoms with Gasteiger partial charge in [-0.05, 0) is 37.5 Å². The molecule has 0 saturated heterocycles. The lowest BCUT2D eigenvalue weighted by atomic mass is 9.96. The van der Waals surface area contributed by atoms with Gasteiger partial charge in [0.25, 0.3) is 0 Å². The third-order valence-corrected chi connectivity index (χ3v) is 3.79. The van der Waals surface area contributed by atoms with E-state index in [1.807, 2.05) is 24.3 Å². The predicted octanol–water partition coefficient (Wildman–Crippen LogP) is 5.27. The predicted molar refractivity (Wildman–Crippen MR) is 91.1 cm³/mol. The van der Waals surface area contributed by atoms with E-state index in [4.69, 9.17) is 4.74 Å². The molecule has 0 spiro atoms. The smallest absolute Gasteiger partial charge is 0.118 e. The summed E-state index contributed by atoms with van der Waals surface area (Å²) in [6.07, 6.45) is 2.85. The largest absolute Gasteiger partial charge is 0.508 e. The fourth-order valence-electron chi connectivity index (χ4n) is 2.77. The zero-order valence-electron chi connectivity index (χ0n) is 13.8. The number of ether oxygens (including phenoxy) is 1. The van der Waals surface area contributed by atoms with Gasteiger partial charge in [0.1, 0.15) is 5.75 Å². The molecule has 2 rings (SSSR count). The first-order chi connectivity index (χ1) is 10.5. The number of benzene rings is 2. The average Bonchev–Trinajstić information content (AvgIpc) is 2.50. The van der Waals surface area contributed by atoms with E-state index in [1.54, 1.807) is 6.07 Å². The molecule has 0 saturated carbocycles. The first kappa shape index (κ1) is 16.6. The summed E-state index contributed by atoms with van der Waals surface area (Å²) in [5.74, 6) is 0.339. The molecule has 2 nitrogen and oxygen atoms in total. The molecule has 1 atom stereocenters. The Balaban J connectivity index is 2.12. The Bertz CT molecular complexity index is 575. The summed E-state index contributed by atoms with van der Waals surface area (Å²) in [6.45, 7) is 6.35. The highest BCUT2D eigenvalue weighted by molar-refractivity contribution is 5.32. The first-order valence-electron chi connectivity index (χ1n) is 8.01. The Morgan fingerprint density at radius 1 is 1.00 bits per heavy atom. The highest BCUT2D eigenvalue weighted by atomic mass is 16.5. The molecule has 0 radical (unpaired) electrons. The van der Waals surface area contributed by atoms with Crippen molar-refractivity contribution in [2.45, 2.75) is 51.7 Å². The maximum atomic E-state index is 9.97. The van der Waals surface area contributed by atoms with E-state index in [0.29, 0.717) is 12.2 Å². The zero-order chi connectivity index (χ0) is 16.0. The van der Waals surface area contributed by atoms with Gasteiger partial charge in [-0.1, -0.05) is 61.9 Å². The molecular weight excluding hydrogens is 272 g/mol. The molecule has 0 heterocycles. The summed E-state index contributed by atoms with van der Waals surface area (Å²) in [7, 11) is 0. The molecule has 0 aliphatic rings. The van der Waals surface area contributed by atoms with Gasteiger partial charge < -0.3 is 9.84 Å². The van der Waals surface area contributed by atoms with Gasteiger partial charge in [-0.25, -0.2) is 0 Å². The minimum Gasteiger partial charge on any atom is -0.508 e. The molecule has 1 unspecified atom stereocenters. The van der Waals surface area contributed by atoms with Crippen molar-refractivity contribution < 1.29 is 9.84 Å². The van der Waals surface area contributed by atoms with E-state index in [2.05, 4.69) is 45.0 Å². The van der Waals surface area contributed by atoms with E-state index in [9.17, 15) is 5.11 Å². The summed E-state index contributed by atoms with van der Waals surface area (Å²) >= 11 is 0. The second kappa shape index (κ2) is 7.46. The third kappa shape index (κ3) is 4.60. The van der Waals surface area contributed by atoms with E-state index < -0.39 is 0 Å². The van der Waals surface area contributed by atoms with Crippen molar-refractivity contribution in [1.29, 1.82) is 0 Å². The minimum absolute atomic E-state index is 0.0899. The monoisotopic (exact) mass is 298 g/mol. The van der Waals surface area contributed by atoms with Crippen LogP contribution in [0.1, 0.15) is 50.8 Å². The maximum absolute atomic E-state index is 9.97. The van der Waals surface area contributed by atoms with Crippen LogP contribution < -0.4 is 0 Å². The Kier molecular flexibility index (Phi) is 5.62. The molecule has 118 valence electrons. The average molecular weight is 298 g/mol. The van der Waals surface area contributed by atoms with E-state index in [1.165, 1.54) is 5.56 Å². The van der Waals surface area contributed by atoms with Crippen LogP contribution in [0.2, 0.25) is 0 Å². The number of para-hydroxylation sites is 1. The lowest BCUT2D eigenvalue weighted by Gasteiger charge is -2.31. The molecule has 0 bridgehead atoms. The van der Waals surface area contributed by atoms with Crippen LogP contribution in [0.25, 0.3) is 0 Å². The van der Waals surface area contributed by atoms with E-state index in [-0.39, 0.29) is 11.7 Å². The Morgan fingerprint density at radius 3 is 2.27 bits per heavy atom. The van der Waals surface area contributed by atoms with Gasteiger partial charge >= 0.3 is 0 Å². The molecule has 0 amide bonds. The van der Waals surface area contributed by atoms with Crippen LogP contribution >= 0.6 is 0 Å². The molecular formula is C20H26O2. The molecule has 2 aromatic rings. The van der Waals surface area contributed by atoms with Gasteiger partial charge in [0, 0.05) is 6.42 Å². The van der Waals surface area contributed by atoms with Gasteiger partial charge in [0.15, 0.2) is 0 Å². The van der Waals surface area contributed by atoms with Crippen LogP contribution in [0, 0.1) is 0 Å². The van der Waals surface area contributed by atoms with Crippen LogP contribution in [0.5, 0.6) is 5.75 Å². The highest BCUT2D eigenvalue weighted by Gasteiger charge is 2.25. The normalized spacial score (nSPS) is 13.0. The number of hydrogen-bond acceptors (Lipinski definition) is 2. The summed E-state index contributed by atoms with van der Waals surface area (Å²) in [5, 5.41) is 9.97. The molecule has 2 aromatic carbocycles. The molecule has 2 heteroatoms. The Morgan fingerprint density at radius 2 is 1.64 bits per heavy atom. The van der Waals surface area contributed by atoms with Crippen molar-refractivity contribution in [1.82, 2.24) is 0 Å². The Labute approximate surface area is 133 Å². The van der Waals surface area contributed by atoms with Crippen molar-refractivity contribution in [3.8, 4) is 5.75 Å².